The summed E-state index contributed by atoms with van der Waals surface area (Å²) in [6.07, 6.45) is 1.88. The summed E-state index contributed by atoms with van der Waals surface area (Å²) in [4.78, 5) is 13.7. The van der Waals surface area contributed by atoms with E-state index in [-0.39, 0.29) is 5.97 Å². The fraction of sp³-hybridized carbons (Fsp3) is 0.714. The molecule has 0 aliphatic carbocycles. The molecule has 0 radical (unpaired) electrons. The Kier molecular flexibility index (Phi) is 7.23. The molecule has 0 bridgehead atoms. The van der Waals surface area contributed by atoms with Crippen molar-refractivity contribution in [3.8, 4) is 0 Å². The molecule has 20 heavy (non-hydrogen) atoms. The zero-order chi connectivity index (χ0) is 15.1. The summed E-state index contributed by atoms with van der Waals surface area (Å²) in [5.41, 5.74) is 2.15. The van der Waals surface area contributed by atoms with Gasteiger partial charge in [-0.1, -0.05) is 13.8 Å². The number of aryl methyl sites for hydroxylation is 2. The van der Waals surface area contributed by atoms with Crippen LogP contribution in [0.1, 0.15) is 38.6 Å². The molecule has 0 aromatic carbocycles. The molecule has 0 aliphatic rings. The van der Waals surface area contributed by atoms with Gasteiger partial charge < -0.3 is 4.74 Å². The number of nitrogens with zero attached hydrogens (tertiary/aromatic N) is 3. The van der Waals surface area contributed by atoms with E-state index in [2.05, 4.69) is 39.8 Å². The molecule has 0 atom stereocenters. The Balaban J connectivity index is 2.79. The van der Waals surface area contributed by atoms with Crippen LogP contribution in [0.3, 0.4) is 0 Å². The Hall–Kier alpha value is -0.880. The van der Waals surface area contributed by atoms with Gasteiger partial charge >= 0.3 is 5.97 Å². The summed E-state index contributed by atoms with van der Waals surface area (Å²) in [6, 6.07) is 0. The highest BCUT2D eigenvalue weighted by Gasteiger charge is 2.17. The lowest BCUT2D eigenvalue weighted by Crippen LogP contribution is -2.32. The van der Waals surface area contributed by atoms with Crippen LogP contribution in [0, 0.1) is 0 Å². The lowest BCUT2D eigenvalue weighted by Gasteiger charge is -2.20. The molecule has 0 aliphatic heterocycles. The first-order chi connectivity index (χ1) is 9.53. The van der Waals surface area contributed by atoms with Crippen LogP contribution >= 0.6 is 15.9 Å². The minimum absolute atomic E-state index is 0.171. The van der Waals surface area contributed by atoms with E-state index in [1.165, 1.54) is 0 Å². The Labute approximate surface area is 129 Å². The van der Waals surface area contributed by atoms with E-state index in [1.54, 1.807) is 0 Å². The van der Waals surface area contributed by atoms with Crippen molar-refractivity contribution in [3.63, 3.8) is 0 Å². The summed E-state index contributed by atoms with van der Waals surface area (Å²) in [5, 5.41) is 4.48. The van der Waals surface area contributed by atoms with E-state index in [4.69, 9.17) is 4.74 Å². The van der Waals surface area contributed by atoms with Crippen LogP contribution in [0.2, 0.25) is 0 Å². The number of rotatable bonds is 8. The number of hydrogen-bond donors (Lipinski definition) is 0. The van der Waals surface area contributed by atoms with Gasteiger partial charge in [0.25, 0.3) is 0 Å². The maximum atomic E-state index is 11.7. The molecule has 1 aromatic rings. The van der Waals surface area contributed by atoms with Gasteiger partial charge in [-0.05, 0) is 42.2 Å². The van der Waals surface area contributed by atoms with Crippen LogP contribution in [-0.4, -0.2) is 40.3 Å². The second kappa shape index (κ2) is 8.42. The van der Waals surface area contributed by atoms with Crippen molar-refractivity contribution in [1.29, 1.82) is 0 Å². The average molecular weight is 346 g/mol. The van der Waals surface area contributed by atoms with Crippen molar-refractivity contribution in [2.24, 2.45) is 7.05 Å². The molecular weight excluding hydrogens is 322 g/mol. The maximum absolute atomic E-state index is 11.7. The largest absolute Gasteiger partial charge is 0.465 e. The SMILES string of the molecule is CCCN(CC(=O)OCC)Cc1c(Br)c(CC)nn1C. The normalized spacial score (nSPS) is 11.1. The first kappa shape index (κ1) is 17.2. The standard InChI is InChI=1S/C14H24BrN3O2/c1-5-8-18(10-13(19)20-7-3)9-12-14(15)11(6-2)16-17(12)4/h5-10H2,1-4H3. The molecule has 0 N–H and O–H groups in total. The second-order valence-corrected chi connectivity index (χ2v) is 5.49. The van der Waals surface area contributed by atoms with Gasteiger partial charge in [-0.25, -0.2) is 0 Å². The molecule has 114 valence electrons. The number of ether oxygens (including phenoxy) is 1. The summed E-state index contributed by atoms with van der Waals surface area (Å²) < 4.78 is 7.96. The Bertz CT molecular complexity index is 446. The highest BCUT2D eigenvalue weighted by Crippen LogP contribution is 2.23. The second-order valence-electron chi connectivity index (χ2n) is 4.70. The Morgan fingerprint density at radius 2 is 2.10 bits per heavy atom. The molecule has 1 rings (SSSR count). The number of halogens is 1. The molecule has 0 saturated carbocycles. The lowest BCUT2D eigenvalue weighted by atomic mass is 10.3. The molecular formula is C14H24BrN3O2. The Morgan fingerprint density at radius 1 is 1.40 bits per heavy atom. The first-order valence-electron chi connectivity index (χ1n) is 7.11. The van der Waals surface area contributed by atoms with Crippen LogP contribution < -0.4 is 0 Å². The summed E-state index contributed by atoms with van der Waals surface area (Å²) in [6.45, 7) is 8.31. The van der Waals surface area contributed by atoms with Crippen molar-refractivity contribution >= 4 is 21.9 Å². The van der Waals surface area contributed by atoms with Crippen LogP contribution in [0.25, 0.3) is 0 Å². The third-order valence-corrected chi connectivity index (χ3v) is 3.99. The zero-order valence-corrected chi connectivity index (χ0v) is 14.4. The third kappa shape index (κ3) is 4.59. The molecule has 1 aromatic heterocycles. The van der Waals surface area contributed by atoms with Crippen LogP contribution in [0.5, 0.6) is 0 Å². The molecule has 6 heteroatoms. The number of esters is 1. The van der Waals surface area contributed by atoms with Gasteiger partial charge in [-0.15, -0.1) is 0 Å². The van der Waals surface area contributed by atoms with Gasteiger partial charge in [0.05, 0.1) is 29.0 Å². The number of carbonyl (C=O) groups excluding carboxylic acids is 1. The fourth-order valence-electron chi connectivity index (χ4n) is 2.12. The average Bonchev–Trinajstić information content (AvgIpc) is 2.66. The number of hydrogen-bond acceptors (Lipinski definition) is 4. The topological polar surface area (TPSA) is 47.4 Å². The van der Waals surface area contributed by atoms with Crippen molar-refractivity contribution in [1.82, 2.24) is 14.7 Å². The van der Waals surface area contributed by atoms with Gasteiger partial charge in [0.1, 0.15) is 0 Å². The van der Waals surface area contributed by atoms with E-state index in [1.807, 2.05) is 18.7 Å². The minimum Gasteiger partial charge on any atom is -0.465 e. The highest BCUT2D eigenvalue weighted by atomic mass is 79.9. The van der Waals surface area contributed by atoms with E-state index >= 15 is 0 Å². The highest BCUT2D eigenvalue weighted by molar-refractivity contribution is 9.10. The van der Waals surface area contributed by atoms with Crippen molar-refractivity contribution in [2.45, 2.75) is 40.2 Å². The summed E-state index contributed by atoms with van der Waals surface area (Å²) in [7, 11) is 1.94. The molecule has 0 fully saturated rings. The molecule has 0 unspecified atom stereocenters. The van der Waals surface area contributed by atoms with Gasteiger partial charge in [0, 0.05) is 13.6 Å². The van der Waals surface area contributed by atoms with Gasteiger partial charge in [0.15, 0.2) is 0 Å². The van der Waals surface area contributed by atoms with Crippen LogP contribution in [0.15, 0.2) is 4.47 Å². The molecule has 5 nitrogen and oxygen atoms in total. The Morgan fingerprint density at radius 3 is 2.60 bits per heavy atom. The van der Waals surface area contributed by atoms with Crippen molar-refractivity contribution in [3.05, 3.63) is 15.9 Å². The fourth-order valence-corrected chi connectivity index (χ4v) is 2.86. The van der Waals surface area contributed by atoms with Crippen LogP contribution in [-0.2, 0) is 29.5 Å². The first-order valence-corrected chi connectivity index (χ1v) is 7.90. The number of carbonyl (C=O) groups is 1. The quantitative estimate of drug-likeness (QED) is 0.679. The lowest BCUT2D eigenvalue weighted by molar-refractivity contribution is -0.144. The van der Waals surface area contributed by atoms with Gasteiger partial charge in [-0.3, -0.25) is 14.4 Å². The van der Waals surface area contributed by atoms with E-state index in [0.29, 0.717) is 19.7 Å². The predicted molar refractivity (Wildman–Crippen MR) is 82.5 cm³/mol. The monoisotopic (exact) mass is 345 g/mol. The van der Waals surface area contributed by atoms with Crippen molar-refractivity contribution in [2.75, 3.05) is 19.7 Å². The predicted octanol–water partition coefficient (Wildman–Crippen LogP) is 2.52. The minimum atomic E-state index is -0.171. The molecule has 1 heterocycles. The van der Waals surface area contributed by atoms with E-state index in [0.717, 1.165) is 35.2 Å². The zero-order valence-electron chi connectivity index (χ0n) is 12.8. The van der Waals surface area contributed by atoms with E-state index in [9.17, 15) is 4.79 Å². The molecule has 0 saturated heterocycles. The van der Waals surface area contributed by atoms with Gasteiger partial charge in [0.2, 0.25) is 0 Å². The van der Waals surface area contributed by atoms with Crippen LogP contribution in [0.4, 0.5) is 0 Å². The third-order valence-electron chi connectivity index (χ3n) is 3.07. The van der Waals surface area contributed by atoms with Gasteiger partial charge in [-0.2, -0.15) is 5.10 Å². The smallest absolute Gasteiger partial charge is 0.320 e. The van der Waals surface area contributed by atoms with Crippen molar-refractivity contribution < 1.29 is 9.53 Å². The maximum Gasteiger partial charge on any atom is 0.320 e. The summed E-state index contributed by atoms with van der Waals surface area (Å²) in [5.74, 6) is -0.171. The molecule has 0 spiro atoms. The summed E-state index contributed by atoms with van der Waals surface area (Å²) >= 11 is 3.61. The number of aromatic nitrogens is 2. The molecule has 0 amide bonds. The van der Waals surface area contributed by atoms with E-state index < -0.39 is 0 Å².